The number of aliphatic hydroxyl groups is 1. The summed E-state index contributed by atoms with van der Waals surface area (Å²) >= 11 is 0. The fourth-order valence-electron chi connectivity index (χ4n) is 12.0. The van der Waals surface area contributed by atoms with Crippen LogP contribution in [0.15, 0.2) is 36.0 Å². The third-order valence-electron chi connectivity index (χ3n) is 15.6. The maximum absolute atomic E-state index is 17.4. The van der Waals surface area contributed by atoms with Crippen molar-refractivity contribution in [3.05, 3.63) is 36.0 Å². The lowest BCUT2D eigenvalue weighted by molar-refractivity contribution is -0.195. The van der Waals surface area contributed by atoms with Crippen molar-refractivity contribution in [1.29, 1.82) is 0 Å². The molecular formula is C53H81F2N3O13S2. The minimum Gasteiger partial charge on any atom is -0.449 e. The molecule has 0 spiro atoms. The largest absolute Gasteiger partial charge is 0.449 e. The normalized spacial score (nSPS) is 32.1. The summed E-state index contributed by atoms with van der Waals surface area (Å²) in [6.45, 7) is 12.4. The standard InChI is InChI=1S/C53H81F2N3O13S2/c1-6-11-47(71-37-27-41-42-28-44(54)43-26-35(59)14-15-52(43,5)53(42,55)45(61)30-51(41,4)29-37)68-32-36(60)33-69-49(64)58-18-25-72-73-50(2,3)31-46(62)56-16-19-65-21-23-67-24-22-66-20-17-57-48(63)70-34-40-38-12-9-7-8-10-13-39(38)40/h7-8,14-15,26,37-42,44-45,47,61H,6,9-13,16-25,27-34H2,1-5H3,(H,56,62)(H,57,63)(H,58,64)/b8-7-/t37-,38-,39+,40?,41?,42+,44+,45+,47?,51+,52+,53+/m1/s1. The summed E-state index contributed by atoms with van der Waals surface area (Å²) < 4.78 is 72.2. The summed E-state index contributed by atoms with van der Waals surface area (Å²) in [5.74, 6) is 0.375. The Bertz CT molecular complexity index is 1950. The highest BCUT2D eigenvalue weighted by molar-refractivity contribution is 8.77. The number of carbonyl (C=O) groups excluding carboxylic acids is 5. The van der Waals surface area contributed by atoms with Gasteiger partial charge in [-0.15, -0.1) is 0 Å². The van der Waals surface area contributed by atoms with Gasteiger partial charge in [0.2, 0.25) is 5.91 Å². The van der Waals surface area contributed by atoms with Crippen LogP contribution < -0.4 is 16.0 Å². The first-order valence-electron chi connectivity index (χ1n) is 26.4. The number of ether oxygens (including phenoxy) is 7. The molecule has 6 aliphatic carbocycles. The van der Waals surface area contributed by atoms with Crippen LogP contribution in [0.1, 0.15) is 105 Å². The fraction of sp³-hybridized carbons (Fsp3) is 0.792. The number of allylic oxidation sites excluding steroid dienone is 6. The summed E-state index contributed by atoms with van der Waals surface area (Å²) in [5, 5.41) is 19.7. The SMILES string of the molecule is CCCC(OCC(=O)COC(=O)NCCSSC(C)(C)CC(=O)NCCOCCOCCOCCNC(=O)OCC1[C@H]2CC/C=C\CC[C@@H]12)O[C@@H]1CC2[C@@H]3C[C@H](F)C4=CC(=O)C=C[C@]4(C)[C@@]3(F)[C@@H](O)C[C@]2(C)C1. The molecule has 412 valence electrons. The van der Waals surface area contributed by atoms with E-state index in [4.69, 9.17) is 33.2 Å². The second-order valence-electron chi connectivity index (χ2n) is 21.5. The number of carbonyl (C=O) groups is 5. The quantitative estimate of drug-likeness (QED) is 0.0237. The lowest BCUT2D eigenvalue weighted by atomic mass is 9.45. The van der Waals surface area contributed by atoms with Gasteiger partial charge in [-0.3, -0.25) is 14.4 Å². The van der Waals surface area contributed by atoms with Gasteiger partial charge >= 0.3 is 12.2 Å². The summed E-state index contributed by atoms with van der Waals surface area (Å²) in [6, 6.07) is 0. The van der Waals surface area contributed by atoms with Crippen LogP contribution in [-0.2, 0) is 47.5 Å². The molecule has 0 aliphatic heterocycles. The van der Waals surface area contributed by atoms with E-state index in [1.165, 1.54) is 52.7 Å². The first-order valence-corrected chi connectivity index (χ1v) is 28.7. The van der Waals surface area contributed by atoms with Crippen molar-refractivity contribution in [3.8, 4) is 0 Å². The van der Waals surface area contributed by atoms with Crippen LogP contribution in [0.4, 0.5) is 18.4 Å². The number of amides is 3. The number of Topliss-reactive ketones (excluding diaryl/α,β-unsaturated/α-hetero) is 1. The van der Waals surface area contributed by atoms with Crippen LogP contribution in [0.5, 0.6) is 0 Å². The summed E-state index contributed by atoms with van der Waals surface area (Å²) in [4.78, 5) is 61.8. The Hall–Kier alpha value is -3.11. The Kier molecular flexibility index (Phi) is 22.5. The highest BCUT2D eigenvalue weighted by atomic mass is 33.1. The van der Waals surface area contributed by atoms with E-state index in [0.717, 1.165) is 12.8 Å². The number of hydrogen-bond donors (Lipinski definition) is 4. The lowest BCUT2D eigenvalue weighted by Gasteiger charge is -2.61. The van der Waals surface area contributed by atoms with E-state index in [1.54, 1.807) is 6.92 Å². The van der Waals surface area contributed by atoms with Crippen molar-refractivity contribution in [2.24, 2.45) is 40.4 Å². The highest BCUT2D eigenvalue weighted by Gasteiger charge is 2.71. The van der Waals surface area contributed by atoms with Gasteiger partial charge in [0.05, 0.1) is 58.5 Å². The predicted octanol–water partition coefficient (Wildman–Crippen LogP) is 7.56. The molecule has 12 atom stereocenters. The fourth-order valence-corrected chi connectivity index (χ4v) is 14.4. The predicted molar refractivity (Wildman–Crippen MR) is 274 cm³/mol. The Balaban J connectivity index is 0.737. The zero-order valence-corrected chi connectivity index (χ0v) is 45.1. The van der Waals surface area contributed by atoms with Crippen LogP contribution >= 0.6 is 21.6 Å². The summed E-state index contributed by atoms with van der Waals surface area (Å²) in [5.41, 5.74) is -4.04. The first kappa shape index (κ1) is 59.1. The number of alkyl carbamates (subject to hydrolysis) is 2. The zero-order chi connectivity index (χ0) is 52.7. The monoisotopic (exact) mass is 1070 g/mol. The smallest absolute Gasteiger partial charge is 0.407 e. The molecule has 0 radical (unpaired) electrons. The molecule has 0 aromatic rings. The van der Waals surface area contributed by atoms with Gasteiger partial charge in [0.15, 0.2) is 30.1 Å². The molecule has 0 bridgehead atoms. The number of hydrogen-bond acceptors (Lipinski definition) is 15. The molecule has 0 saturated heterocycles. The molecule has 16 nitrogen and oxygen atoms in total. The number of nitrogens with one attached hydrogen (secondary N) is 3. The van der Waals surface area contributed by atoms with Crippen LogP contribution in [-0.4, -0.2) is 155 Å². The second kappa shape index (κ2) is 27.8. The van der Waals surface area contributed by atoms with Gasteiger partial charge in [0, 0.05) is 47.9 Å². The Morgan fingerprint density at radius 3 is 2.19 bits per heavy atom. The van der Waals surface area contributed by atoms with Gasteiger partial charge in [0.25, 0.3) is 0 Å². The van der Waals surface area contributed by atoms with Gasteiger partial charge < -0.3 is 54.2 Å². The van der Waals surface area contributed by atoms with E-state index < -0.39 is 65.6 Å². The van der Waals surface area contributed by atoms with E-state index in [2.05, 4.69) is 28.1 Å². The topological polar surface area (TPSA) is 206 Å². The Morgan fingerprint density at radius 1 is 0.863 bits per heavy atom. The minimum absolute atomic E-state index is 0.0909. The molecule has 3 amide bonds. The van der Waals surface area contributed by atoms with Gasteiger partial charge in [-0.25, -0.2) is 18.4 Å². The Morgan fingerprint density at radius 2 is 1.51 bits per heavy atom. The van der Waals surface area contributed by atoms with Crippen LogP contribution in [0, 0.1) is 40.4 Å². The lowest BCUT2D eigenvalue weighted by Crippen LogP contribution is -2.67. The van der Waals surface area contributed by atoms with Crippen molar-refractivity contribution in [3.63, 3.8) is 0 Å². The third-order valence-corrected chi connectivity index (χ3v) is 18.9. The van der Waals surface area contributed by atoms with Crippen molar-refractivity contribution < 1.29 is 71.0 Å². The number of fused-ring (bicyclic) bond motifs is 6. The van der Waals surface area contributed by atoms with E-state index in [9.17, 15) is 29.1 Å². The van der Waals surface area contributed by atoms with Crippen molar-refractivity contribution in [2.45, 2.75) is 140 Å². The summed E-state index contributed by atoms with van der Waals surface area (Å²) in [6.07, 6.45) is 10.3. The van der Waals surface area contributed by atoms with Crippen LogP contribution in [0.2, 0.25) is 0 Å². The molecule has 6 rings (SSSR count). The van der Waals surface area contributed by atoms with Crippen molar-refractivity contribution in [2.75, 3.05) is 84.8 Å². The molecule has 6 aliphatic rings. The molecule has 73 heavy (non-hydrogen) atoms. The second-order valence-corrected chi connectivity index (χ2v) is 24.7. The average Bonchev–Trinajstić information content (AvgIpc) is 3.86. The zero-order valence-electron chi connectivity index (χ0n) is 43.5. The molecule has 4 fully saturated rings. The van der Waals surface area contributed by atoms with Gasteiger partial charge in [0.1, 0.15) is 12.8 Å². The van der Waals surface area contributed by atoms with Gasteiger partial charge in [-0.1, -0.05) is 60.1 Å². The molecule has 0 aromatic heterocycles. The molecule has 4 saturated carbocycles. The summed E-state index contributed by atoms with van der Waals surface area (Å²) in [7, 11) is 3.03. The van der Waals surface area contributed by atoms with Crippen molar-refractivity contribution >= 4 is 51.2 Å². The van der Waals surface area contributed by atoms with Gasteiger partial charge in [-0.05, 0) is 125 Å². The molecular weight excluding hydrogens is 989 g/mol. The number of aliphatic hydroxyl groups excluding tert-OH is 1. The first-order chi connectivity index (χ1) is 34.9. The third kappa shape index (κ3) is 16.4. The molecule has 4 N–H and O–H groups in total. The number of ketones is 2. The molecule has 0 aromatic carbocycles. The van der Waals surface area contributed by atoms with E-state index in [0.29, 0.717) is 109 Å². The van der Waals surface area contributed by atoms with Crippen molar-refractivity contribution in [1.82, 2.24) is 16.0 Å². The number of alkyl halides is 2. The maximum atomic E-state index is 17.4. The average molecular weight is 1070 g/mol. The molecule has 20 heteroatoms. The van der Waals surface area contributed by atoms with Crippen LogP contribution in [0.3, 0.4) is 0 Å². The Labute approximate surface area is 438 Å². The number of halogens is 2. The number of rotatable bonds is 30. The highest BCUT2D eigenvalue weighted by Crippen LogP contribution is 2.68. The molecule has 3 unspecified atom stereocenters. The van der Waals surface area contributed by atoms with Crippen LogP contribution in [0.25, 0.3) is 0 Å². The maximum Gasteiger partial charge on any atom is 0.407 e. The van der Waals surface area contributed by atoms with E-state index in [1.807, 2.05) is 27.7 Å². The van der Waals surface area contributed by atoms with Gasteiger partial charge in [-0.2, -0.15) is 0 Å². The van der Waals surface area contributed by atoms with E-state index >= 15 is 8.78 Å². The minimum atomic E-state index is -2.16. The van der Waals surface area contributed by atoms with E-state index in [-0.39, 0.29) is 66.4 Å². The molecule has 0 heterocycles.